The molecule has 48 valence electrons. The molecule has 0 bridgehead atoms. The fraction of sp³-hybridized carbons (Fsp3) is 0.667. The minimum Gasteiger partial charge on any atom is -0.249 e. The highest BCUT2D eigenvalue weighted by Crippen LogP contribution is 2.41. The van der Waals surface area contributed by atoms with Gasteiger partial charge in [0.1, 0.15) is 0 Å². The van der Waals surface area contributed by atoms with Crippen molar-refractivity contribution in [3.05, 3.63) is 12.4 Å². The molecule has 0 saturated heterocycles. The highest BCUT2D eigenvalue weighted by Gasteiger charge is 2.34. The molecule has 2 rings (SSSR count). The smallest absolute Gasteiger partial charge is 0.0693 e. The Morgan fingerprint density at radius 3 is 2.89 bits per heavy atom. The van der Waals surface area contributed by atoms with E-state index in [1.807, 2.05) is 10.9 Å². The van der Waals surface area contributed by atoms with Crippen LogP contribution in [0.5, 0.6) is 0 Å². The second-order valence-electron chi connectivity index (χ2n) is 2.66. The summed E-state index contributed by atoms with van der Waals surface area (Å²) in [6.45, 7) is 2.23. The van der Waals surface area contributed by atoms with Crippen LogP contribution in [0.4, 0.5) is 0 Å². The zero-order valence-corrected chi connectivity index (χ0v) is 5.36. The van der Waals surface area contributed by atoms with Gasteiger partial charge in [-0.05, 0) is 12.3 Å². The normalized spacial score (nSPS) is 32.6. The molecule has 0 aliphatic heterocycles. The lowest BCUT2D eigenvalue weighted by Crippen LogP contribution is -1.95. The van der Waals surface area contributed by atoms with Crippen molar-refractivity contribution in [1.82, 2.24) is 15.0 Å². The van der Waals surface area contributed by atoms with Crippen molar-refractivity contribution < 1.29 is 0 Å². The number of rotatable bonds is 1. The van der Waals surface area contributed by atoms with Gasteiger partial charge in [-0.25, -0.2) is 4.68 Å². The topological polar surface area (TPSA) is 30.7 Å². The zero-order valence-electron chi connectivity index (χ0n) is 5.36. The van der Waals surface area contributed by atoms with Crippen LogP contribution >= 0.6 is 0 Å². The standard InChI is InChI=1S/C6H9N3/c1-5-4-6(5)9-3-2-7-8-9/h2-3,5-6H,4H2,1H3. The second-order valence-corrected chi connectivity index (χ2v) is 2.66. The van der Waals surface area contributed by atoms with E-state index in [-0.39, 0.29) is 0 Å². The summed E-state index contributed by atoms with van der Waals surface area (Å²) < 4.78 is 1.94. The summed E-state index contributed by atoms with van der Waals surface area (Å²) in [6.07, 6.45) is 4.92. The molecule has 9 heavy (non-hydrogen) atoms. The Balaban J connectivity index is 2.18. The summed E-state index contributed by atoms with van der Waals surface area (Å²) in [4.78, 5) is 0. The molecule has 0 aromatic carbocycles. The van der Waals surface area contributed by atoms with Crippen molar-refractivity contribution in [3.63, 3.8) is 0 Å². The summed E-state index contributed by atoms with van der Waals surface area (Å²) >= 11 is 0. The second kappa shape index (κ2) is 1.56. The van der Waals surface area contributed by atoms with Gasteiger partial charge in [-0.3, -0.25) is 0 Å². The minimum absolute atomic E-state index is 0.646. The van der Waals surface area contributed by atoms with Crippen LogP contribution in [0, 0.1) is 5.92 Å². The van der Waals surface area contributed by atoms with Crippen LogP contribution in [-0.4, -0.2) is 15.0 Å². The predicted octanol–water partition coefficient (Wildman–Crippen LogP) is 0.859. The molecule has 1 heterocycles. The van der Waals surface area contributed by atoms with Gasteiger partial charge in [-0.15, -0.1) is 5.10 Å². The van der Waals surface area contributed by atoms with Gasteiger partial charge in [-0.2, -0.15) is 0 Å². The maximum Gasteiger partial charge on any atom is 0.0693 e. The van der Waals surface area contributed by atoms with Gasteiger partial charge < -0.3 is 0 Å². The predicted molar refractivity (Wildman–Crippen MR) is 32.8 cm³/mol. The molecule has 0 radical (unpaired) electrons. The third-order valence-electron chi connectivity index (χ3n) is 1.85. The maximum atomic E-state index is 3.90. The van der Waals surface area contributed by atoms with Crippen LogP contribution in [0.3, 0.4) is 0 Å². The molecule has 1 aliphatic rings. The number of hydrogen-bond acceptors (Lipinski definition) is 2. The van der Waals surface area contributed by atoms with E-state index >= 15 is 0 Å². The first-order valence-corrected chi connectivity index (χ1v) is 3.24. The summed E-state index contributed by atoms with van der Waals surface area (Å²) in [5.74, 6) is 0.812. The monoisotopic (exact) mass is 123 g/mol. The third kappa shape index (κ3) is 0.724. The average molecular weight is 123 g/mol. The van der Waals surface area contributed by atoms with E-state index in [1.54, 1.807) is 6.20 Å². The van der Waals surface area contributed by atoms with Crippen LogP contribution in [0.2, 0.25) is 0 Å². The van der Waals surface area contributed by atoms with Crippen molar-refractivity contribution >= 4 is 0 Å². The molecule has 2 atom stereocenters. The molecule has 3 nitrogen and oxygen atoms in total. The van der Waals surface area contributed by atoms with E-state index < -0.39 is 0 Å². The zero-order chi connectivity index (χ0) is 6.27. The first-order chi connectivity index (χ1) is 4.38. The molecular formula is C6H9N3. The summed E-state index contributed by atoms with van der Waals surface area (Å²) in [5, 5.41) is 7.63. The SMILES string of the molecule is CC1CC1n1ccnn1. The average Bonchev–Trinajstić information content (AvgIpc) is 2.44. The number of nitrogens with zero attached hydrogens (tertiary/aromatic N) is 3. The molecule has 3 heteroatoms. The van der Waals surface area contributed by atoms with Gasteiger partial charge in [-0.1, -0.05) is 12.1 Å². The van der Waals surface area contributed by atoms with Gasteiger partial charge in [0.15, 0.2) is 0 Å². The summed E-state index contributed by atoms with van der Waals surface area (Å²) in [7, 11) is 0. The molecule has 1 aliphatic carbocycles. The highest BCUT2D eigenvalue weighted by molar-refractivity contribution is 4.88. The summed E-state index contributed by atoms with van der Waals surface area (Å²) in [5.41, 5.74) is 0. The number of aromatic nitrogens is 3. The van der Waals surface area contributed by atoms with Crippen molar-refractivity contribution in [2.45, 2.75) is 19.4 Å². The van der Waals surface area contributed by atoms with Crippen molar-refractivity contribution in [3.8, 4) is 0 Å². The van der Waals surface area contributed by atoms with Gasteiger partial charge >= 0.3 is 0 Å². The van der Waals surface area contributed by atoms with Crippen molar-refractivity contribution in [1.29, 1.82) is 0 Å². The summed E-state index contributed by atoms with van der Waals surface area (Å²) in [6, 6.07) is 0.646. The van der Waals surface area contributed by atoms with Crippen LogP contribution in [0.25, 0.3) is 0 Å². The van der Waals surface area contributed by atoms with Gasteiger partial charge in [0, 0.05) is 6.20 Å². The lowest BCUT2D eigenvalue weighted by atomic mass is 10.5. The van der Waals surface area contributed by atoms with Crippen LogP contribution in [-0.2, 0) is 0 Å². The van der Waals surface area contributed by atoms with Crippen molar-refractivity contribution in [2.75, 3.05) is 0 Å². The molecule has 0 amide bonds. The fourth-order valence-electron chi connectivity index (χ4n) is 1.07. The van der Waals surface area contributed by atoms with Gasteiger partial charge in [0.25, 0.3) is 0 Å². The van der Waals surface area contributed by atoms with E-state index in [2.05, 4.69) is 17.2 Å². The Morgan fingerprint density at radius 1 is 1.67 bits per heavy atom. The van der Waals surface area contributed by atoms with Crippen LogP contribution in [0.1, 0.15) is 19.4 Å². The quantitative estimate of drug-likeness (QED) is 0.554. The Labute approximate surface area is 53.7 Å². The Hall–Kier alpha value is -0.860. The van der Waals surface area contributed by atoms with Gasteiger partial charge in [0.2, 0.25) is 0 Å². The van der Waals surface area contributed by atoms with Gasteiger partial charge in [0.05, 0.1) is 12.2 Å². The molecule has 2 unspecified atom stereocenters. The first kappa shape index (κ1) is 4.97. The Morgan fingerprint density at radius 2 is 2.44 bits per heavy atom. The third-order valence-corrected chi connectivity index (χ3v) is 1.85. The Kier molecular flexibility index (Phi) is 0.860. The molecule has 0 spiro atoms. The van der Waals surface area contributed by atoms with Crippen LogP contribution < -0.4 is 0 Å². The van der Waals surface area contributed by atoms with E-state index in [1.165, 1.54) is 6.42 Å². The fourth-order valence-corrected chi connectivity index (χ4v) is 1.07. The molecule has 1 saturated carbocycles. The van der Waals surface area contributed by atoms with E-state index in [4.69, 9.17) is 0 Å². The van der Waals surface area contributed by atoms with Crippen molar-refractivity contribution in [2.24, 2.45) is 5.92 Å². The highest BCUT2D eigenvalue weighted by atomic mass is 15.4. The first-order valence-electron chi connectivity index (χ1n) is 3.24. The van der Waals surface area contributed by atoms with Crippen LogP contribution in [0.15, 0.2) is 12.4 Å². The molecule has 1 aromatic heterocycles. The molecule has 1 aromatic rings. The largest absolute Gasteiger partial charge is 0.249 e. The van der Waals surface area contributed by atoms with E-state index in [9.17, 15) is 0 Å². The van der Waals surface area contributed by atoms with E-state index in [0.29, 0.717) is 6.04 Å². The Bertz CT molecular complexity index is 192. The molecular weight excluding hydrogens is 114 g/mol. The number of hydrogen-bond donors (Lipinski definition) is 0. The molecule has 1 fully saturated rings. The maximum absolute atomic E-state index is 3.90. The molecule has 0 N–H and O–H groups in total. The lowest BCUT2D eigenvalue weighted by molar-refractivity contribution is 0.579. The lowest BCUT2D eigenvalue weighted by Gasteiger charge is -1.91. The minimum atomic E-state index is 0.646. The van der Waals surface area contributed by atoms with E-state index in [0.717, 1.165) is 5.92 Å².